The Kier molecular flexibility index (Phi) is 7.25. The van der Waals surface area contributed by atoms with Gasteiger partial charge in [0, 0.05) is 11.8 Å². The summed E-state index contributed by atoms with van der Waals surface area (Å²) in [5.74, 6) is -0.417. The number of para-hydroxylation sites is 1. The van der Waals surface area contributed by atoms with Crippen molar-refractivity contribution in [1.29, 1.82) is 0 Å². The van der Waals surface area contributed by atoms with Crippen molar-refractivity contribution in [3.63, 3.8) is 0 Å². The minimum Gasteiger partial charge on any atom is -0.486 e. The number of rotatable bonds is 8. The molecule has 0 bridgehead atoms. The van der Waals surface area contributed by atoms with Crippen molar-refractivity contribution in [2.45, 2.75) is 31.6 Å². The number of benzene rings is 3. The number of amides is 1. The van der Waals surface area contributed by atoms with Crippen LogP contribution >= 0.6 is 0 Å². The average Bonchev–Trinajstić information content (AvgIpc) is 2.87. The van der Waals surface area contributed by atoms with Crippen LogP contribution < -0.4 is 19.1 Å². The van der Waals surface area contributed by atoms with E-state index < -0.39 is 28.3 Å². The van der Waals surface area contributed by atoms with Crippen LogP contribution in [0, 0.1) is 5.82 Å². The van der Waals surface area contributed by atoms with E-state index in [9.17, 15) is 17.6 Å². The van der Waals surface area contributed by atoms with E-state index >= 15 is 0 Å². The lowest BCUT2D eigenvalue weighted by atomic mass is 10.0. The highest BCUT2D eigenvalue weighted by molar-refractivity contribution is 7.92. The first-order valence-electron chi connectivity index (χ1n) is 11.4. The summed E-state index contributed by atoms with van der Waals surface area (Å²) in [5.41, 5.74) is 2.61. The van der Waals surface area contributed by atoms with Gasteiger partial charge < -0.3 is 14.8 Å². The molecule has 0 spiro atoms. The minimum absolute atomic E-state index is 0.0366. The third-order valence-electron chi connectivity index (χ3n) is 5.75. The smallest absolute Gasteiger partial charge is 0.264 e. The lowest BCUT2D eigenvalue weighted by Crippen LogP contribution is -2.38. The molecule has 3 aromatic rings. The first-order chi connectivity index (χ1) is 16.8. The van der Waals surface area contributed by atoms with Crippen LogP contribution in [0.4, 0.5) is 15.8 Å². The van der Waals surface area contributed by atoms with Crippen molar-refractivity contribution in [1.82, 2.24) is 0 Å². The Bertz CT molecular complexity index is 1320. The zero-order valence-electron chi connectivity index (χ0n) is 19.6. The van der Waals surface area contributed by atoms with Crippen molar-refractivity contribution in [3.05, 3.63) is 77.6 Å². The molecule has 184 valence electrons. The first-order valence-corrected chi connectivity index (χ1v) is 12.9. The zero-order valence-corrected chi connectivity index (χ0v) is 20.4. The number of nitrogens with one attached hydrogen (secondary N) is 1. The number of sulfonamides is 1. The van der Waals surface area contributed by atoms with E-state index in [-0.39, 0.29) is 10.6 Å². The van der Waals surface area contributed by atoms with Crippen molar-refractivity contribution in [2.75, 3.05) is 29.4 Å². The second kappa shape index (κ2) is 10.4. The maximum absolute atomic E-state index is 14.1. The van der Waals surface area contributed by atoms with Gasteiger partial charge in [0.05, 0.1) is 10.6 Å². The van der Waals surface area contributed by atoms with Gasteiger partial charge in [-0.25, -0.2) is 12.8 Å². The molecule has 0 atom stereocenters. The molecule has 7 nitrogen and oxygen atoms in total. The van der Waals surface area contributed by atoms with Gasteiger partial charge in [-0.05, 0) is 54.3 Å². The molecule has 35 heavy (non-hydrogen) atoms. The summed E-state index contributed by atoms with van der Waals surface area (Å²) < 4.78 is 53.4. The predicted octanol–water partition coefficient (Wildman–Crippen LogP) is 4.56. The maximum atomic E-state index is 14.1. The van der Waals surface area contributed by atoms with Crippen LogP contribution in [-0.4, -0.2) is 34.1 Å². The van der Waals surface area contributed by atoms with E-state index in [1.165, 1.54) is 36.4 Å². The van der Waals surface area contributed by atoms with Crippen LogP contribution in [0.2, 0.25) is 0 Å². The van der Waals surface area contributed by atoms with Crippen molar-refractivity contribution in [3.8, 4) is 11.5 Å². The third-order valence-corrected chi connectivity index (χ3v) is 7.52. The second-order valence-electron chi connectivity index (χ2n) is 8.00. The van der Waals surface area contributed by atoms with Crippen molar-refractivity contribution < 1.29 is 27.1 Å². The van der Waals surface area contributed by atoms with E-state index in [1.807, 2.05) is 32.0 Å². The number of hydrogen-bond acceptors (Lipinski definition) is 5. The van der Waals surface area contributed by atoms with E-state index in [1.54, 1.807) is 0 Å². The molecule has 0 saturated carbocycles. The molecule has 0 saturated heterocycles. The molecule has 4 rings (SSSR count). The topological polar surface area (TPSA) is 84.9 Å². The van der Waals surface area contributed by atoms with Crippen LogP contribution in [0.5, 0.6) is 11.5 Å². The Hall–Kier alpha value is -3.59. The molecular formula is C26H27FN2O5S. The Morgan fingerprint density at radius 2 is 1.60 bits per heavy atom. The number of carbonyl (C=O) groups is 1. The lowest BCUT2D eigenvalue weighted by Gasteiger charge is -2.26. The van der Waals surface area contributed by atoms with Gasteiger partial charge in [0.25, 0.3) is 10.0 Å². The Labute approximate surface area is 204 Å². The highest BCUT2D eigenvalue weighted by Gasteiger charge is 2.29. The number of ether oxygens (including phenoxy) is 2. The quantitative estimate of drug-likeness (QED) is 0.492. The summed E-state index contributed by atoms with van der Waals surface area (Å²) in [7, 11) is -4.25. The maximum Gasteiger partial charge on any atom is 0.264 e. The monoisotopic (exact) mass is 498 g/mol. The van der Waals surface area contributed by atoms with Crippen LogP contribution in [0.1, 0.15) is 25.0 Å². The fraction of sp³-hybridized carbons (Fsp3) is 0.269. The largest absolute Gasteiger partial charge is 0.486 e. The second-order valence-corrected chi connectivity index (χ2v) is 9.87. The molecule has 1 amide bonds. The fourth-order valence-electron chi connectivity index (χ4n) is 3.97. The SMILES string of the molecule is CCc1cccc(CC)c1NC(=O)CN(c1cccc(F)c1)S(=O)(=O)c1ccc2c(c1)OCCO2. The summed E-state index contributed by atoms with van der Waals surface area (Å²) in [6.07, 6.45) is 1.40. The van der Waals surface area contributed by atoms with Crippen LogP contribution in [0.15, 0.2) is 65.6 Å². The van der Waals surface area contributed by atoms with Crippen molar-refractivity contribution in [2.24, 2.45) is 0 Å². The van der Waals surface area contributed by atoms with E-state index in [2.05, 4.69) is 5.32 Å². The Morgan fingerprint density at radius 3 is 2.26 bits per heavy atom. The number of fused-ring (bicyclic) bond motifs is 1. The predicted molar refractivity (Wildman–Crippen MR) is 132 cm³/mol. The minimum atomic E-state index is -4.25. The van der Waals surface area contributed by atoms with Gasteiger partial charge >= 0.3 is 0 Å². The van der Waals surface area contributed by atoms with Gasteiger partial charge in [0.2, 0.25) is 5.91 Å². The molecule has 0 radical (unpaired) electrons. The van der Waals surface area contributed by atoms with E-state index in [0.717, 1.165) is 21.5 Å². The van der Waals surface area contributed by atoms with Gasteiger partial charge in [-0.1, -0.05) is 38.1 Å². The standard InChI is InChI=1S/C26H27FN2O5S/c1-3-18-7-5-8-19(4-2)26(18)28-25(30)17-29(21-10-6-9-20(27)15-21)35(31,32)22-11-12-23-24(16-22)34-14-13-33-23/h5-12,15-16H,3-4,13-14,17H2,1-2H3,(H,28,30). The molecule has 0 aromatic heterocycles. The number of hydrogen-bond donors (Lipinski definition) is 1. The van der Waals surface area contributed by atoms with Crippen LogP contribution in [0.25, 0.3) is 0 Å². The molecule has 0 unspecified atom stereocenters. The number of anilines is 2. The summed E-state index contributed by atoms with van der Waals surface area (Å²) in [6.45, 7) is 4.09. The van der Waals surface area contributed by atoms with Gasteiger partial charge in [-0.3, -0.25) is 9.10 Å². The Balaban J connectivity index is 1.70. The number of halogens is 1. The summed E-state index contributed by atoms with van der Waals surface area (Å²) in [4.78, 5) is 13.1. The normalized spacial score (nSPS) is 12.8. The Morgan fingerprint density at radius 1 is 0.943 bits per heavy atom. The molecule has 1 N–H and O–H groups in total. The molecule has 1 aliphatic heterocycles. The summed E-state index contributed by atoms with van der Waals surface area (Å²) >= 11 is 0. The van der Waals surface area contributed by atoms with Crippen molar-refractivity contribution >= 4 is 27.3 Å². The fourth-order valence-corrected chi connectivity index (χ4v) is 5.40. The molecule has 0 fully saturated rings. The molecule has 0 aliphatic carbocycles. The van der Waals surface area contributed by atoms with E-state index in [0.29, 0.717) is 43.2 Å². The first kappa shape index (κ1) is 24.5. The van der Waals surface area contributed by atoms with E-state index in [4.69, 9.17) is 9.47 Å². The van der Waals surface area contributed by atoms with Gasteiger partial charge in [-0.2, -0.15) is 0 Å². The summed E-state index contributed by atoms with van der Waals surface area (Å²) in [5, 5.41) is 2.89. The summed E-state index contributed by atoms with van der Waals surface area (Å²) in [6, 6.07) is 15.2. The third kappa shape index (κ3) is 5.24. The molecule has 1 heterocycles. The molecular weight excluding hydrogens is 471 g/mol. The molecule has 3 aromatic carbocycles. The van der Waals surface area contributed by atoms with Crippen LogP contribution in [0.3, 0.4) is 0 Å². The van der Waals surface area contributed by atoms with Gasteiger partial charge in [0.1, 0.15) is 25.6 Å². The number of aryl methyl sites for hydroxylation is 2. The number of nitrogens with zero attached hydrogens (tertiary/aromatic N) is 1. The van der Waals surface area contributed by atoms with Gasteiger partial charge in [0.15, 0.2) is 11.5 Å². The number of carbonyl (C=O) groups excluding carboxylic acids is 1. The zero-order chi connectivity index (χ0) is 25.0. The lowest BCUT2D eigenvalue weighted by molar-refractivity contribution is -0.114. The highest BCUT2D eigenvalue weighted by Crippen LogP contribution is 2.34. The van der Waals surface area contributed by atoms with Crippen LogP contribution in [-0.2, 0) is 27.7 Å². The molecule has 1 aliphatic rings. The molecule has 9 heteroatoms. The highest BCUT2D eigenvalue weighted by atomic mass is 32.2. The average molecular weight is 499 g/mol. The van der Waals surface area contributed by atoms with Gasteiger partial charge in [-0.15, -0.1) is 0 Å².